The molecule has 0 unspecified atom stereocenters. The van der Waals surface area contributed by atoms with E-state index in [0.717, 1.165) is 23.4 Å². The average Bonchev–Trinajstić information content (AvgIpc) is 3.41. The van der Waals surface area contributed by atoms with Gasteiger partial charge in [0, 0.05) is 39.9 Å². The molecule has 3 amide bonds. The summed E-state index contributed by atoms with van der Waals surface area (Å²) in [5.41, 5.74) is 2.85. The van der Waals surface area contributed by atoms with E-state index < -0.39 is 0 Å². The van der Waals surface area contributed by atoms with Gasteiger partial charge in [-0.25, -0.2) is 9.80 Å². The highest BCUT2D eigenvalue weighted by Crippen LogP contribution is 2.32. The fraction of sp³-hybridized carbons (Fsp3) is 0.435. The Bertz CT molecular complexity index is 909. The van der Waals surface area contributed by atoms with Crippen LogP contribution < -0.4 is 5.32 Å². The number of carbonyl (C=O) groups is 2. The Kier molecular flexibility index (Phi) is 7.83. The van der Waals surface area contributed by atoms with Gasteiger partial charge in [0.1, 0.15) is 6.54 Å². The smallest absolute Gasteiger partial charge is 0.317 e. The predicted molar refractivity (Wildman–Crippen MR) is 120 cm³/mol. The molecule has 1 aromatic heterocycles. The zero-order valence-electron chi connectivity index (χ0n) is 18.5. The molecule has 1 aliphatic heterocycles. The molecule has 31 heavy (non-hydrogen) atoms. The Morgan fingerprint density at radius 3 is 2.65 bits per heavy atom. The summed E-state index contributed by atoms with van der Waals surface area (Å²) in [6.45, 7) is 3.16. The third-order valence-electron chi connectivity index (χ3n) is 5.29. The van der Waals surface area contributed by atoms with E-state index in [-0.39, 0.29) is 24.5 Å². The van der Waals surface area contributed by atoms with Crippen molar-refractivity contribution in [3.63, 3.8) is 0 Å². The van der Waals surface area contributed by atoms with Crippen LogP contribution in [0.3, 0.4) is 0 Å². The van der Waals surface area contributed by atoms with E-state index in [1.165, 1.54) is 9.91 Å². The highest BCUT2D eigenvalue weighted by molar-refractivity contribution is 6.02. The first-order valence-electron chi connectivity index (χ1n) is 10.6. The van der Waals surface area contributed by atoms with Gasteiger partial charge in [0.15, 0.2) is 0 Å². The predicted octanol–water partition coefficient (Wildman–Crippen LogP) is 2.77. The number of urea groups is 1. The molecule has 0 fully saturated rings. The first kappa shape index (κ1) is 22.6. The fourth-order valence-corrected chi connectivity index (χ4v) is 3.62. The van der Waals surface area contributed by atoms with Crippen LogP contribution in [-0.4, -0.2) is 65.5 Å². The number of rotatable bonds is 9. The molecule has 2 aromatic rings. The topological polar surface area (TPSA) is 79.2 Å². The summed E-state index contributed by atoms with van der Waals surface area (Å²) < 4.78 is 7.12. The number of nitrogens with zero attached hydrogens (tertiary/aromatic N) is 4. The van der Waals surface area contributed by atoms with Crippen molar-refractivity contribution in [3.05, 3.63) is 59.9 Å². The van der Waals surface area contributed by atoms with Gasteiger partial charge < -0.3 is 19.5 Å². The third kappa shape index (κ3) is 5.52. The molecule has 0 aliphatic carbocycles. The molecule has 0 bridgehead atoms. The number of amides is 3. The number of hydrogen-bond donors (Lipinski definition) is 1. The Balaban J connectivity index is 1.83. The maximum atomic E-state index is 13.3. The second-order valence-electron chi connectivity index (χ2n) is 7.57. The van der Waals surface area contributed by atoms with Crippen LogP contribution in [0, 0.1) is 0 Å². The highest BCUT2D eigenvalue weighted by Gasteiger charge is 2.34. The van der Waals surface area contributed by atoms with Crippen LogP contribution in [0.4, 0.5) is 4.79 Å². The summed E-state index contributed by atoms with van der Waals surface area (Å²) in [6.07, 6.45) is 3.41. The van der Waals surface area contributed by atoms with Crippen molar-refractivity contribution in [2.45, 2.75) is 25.8 Å². The van der Waals surface area contributed by atoms with E-state index in [0.29, 0.717) is 26.1 Å². The Morgan fingerprint density at radius 2 is 2.00 bits per heavy atom. The largest absolute Gasteiger partial charge is 0.383 e. The molecule has 1 N–H and O–H groups in total. The Labute approximate surface area is 183 Å². The van der Waals surface area contributed by atoms with Crippen LogP contribution in [-0.2, 0) is 16.6 Å². The average molecular weight is 426 g/mol. The van der Waals surface area contributed by atoms with Gasteiger partial charge in [0.05, 0.1) is 24.1 Å². The number of aryl methyl sites for hydroxylation is 1. The molecule has 1 aromatic carbocycles. The number of hydrazone groups is 1. The molecule has 2 heterocycles. The number of aromatic nitrogens is 1. The van der Waals surface area contributed by atoms with E-state index in [4.69, 9.17) is 9.84 Å². The SMILES string of the molecule is CCCNC(=O)N(CCOC)CC(=O)N1N=C(c2cccn2C)C[C@@H]1c1ccccc1. The molecular formula is C23H31N5O3. The Hall–Kier alpha value is -3.13. The van der Waals surface area contributed by atoms with E-state index in [9.17, 15) is 9.59 Å². The first-order chi connectivity index (χ1) is 15.0. The fourth-order valence-electron chi connectivity index (χ4n) is 3.62. The van der Waals surface area contributed by atoms with Gasteiger partial charge >= 0.3 is 6.03 Å². The van der Waals surface area contributed by atoms with Crippen molar-refractivity contribution in [1.82, 2.24) is 19.8 Å². The lowest BCUT2D eigenvalue weighted by molar-refractivity contribution is -0.133. The minimum atomic E-state index is -0.269. The van der Waals surface area contributed by atoms with Gasteiger partial charge in [0.2, 0.25) is 0 Å². The number of methoxy groups -OCH3 is 1. The van der Waals surface area contributed by atoms with Crippen LogP contribution in [0.2, 0.25) is 0 Å². The molecule has 0 saturated carbocycles. The lowest BCUT2D eigenvalue weighted by atomic mass is 10.0. The van der Waals surface area contributed by atoms with E-state index >= 15 is 0 Å². The number of hydrogen-bond acceptors (Lipinski definition) is 4. The summed E-state index contributed by atoms with van der Waals surface area (Å²) in [4.78, 5) is 27.4. The summed E-state index contributed by atoms with van der Waals surface area (Å²) in [7, 11) is 3.54. The summed E-state index contributed by atoms with van der Waals surface area (Å²) in [5, 5.41) is 9.07. The molecule has 0 spiro atoms. The number of nitrogens with one attached hydrogen (secondary N) is 1. The van der Waals surface area contributed by atoms with Crippen molar-refractivity contribution in [3.8, 4) is 0 Å². The van der Waals surface area contributed by atoms with Crippen molar-refractivity contribution in [1.29, 1.82) is 0 Å². The van der Waals surface area contributed by atoms with E-state index in [1.807, 2.05) is 67.2 Å². The minimum Gasteiger partial charge on any atom is -0.383 e. The second kappa shape index (κ2) is 10.8. The molecule has 8 nitrogen and oxygen atoms in total. The van der Waals surface area contributed by atoms with Gasteiger partial charge in [-0.15, -0.1) is 0 Å². The normalized spacial score (nSPS) is 15.6. The summed E-state index contributed by atoms with van der Waals surface area (Å²) in [6, 6.07) is 13.4. The maximum Gasteiger partial charge on any atom is 0.317 e. The van der Waals surface area contributed by atoms with Crippen molar-refractivity contribution in [2.75, 3.05) is 33.4 Å². The van der Waals surface area contributed by atoms with Gasteiger partial charge in [-0.3, -0.25) is 4.79 Å². The maximum absolute atomic E-state index is 13.3. The first-order valence-corrected chi connectivity index (χ1v) is 10.6. The molecular weight excluding hydrogens is 394 g/mol. The van der Waals surface area contributed by atoms with Crippen LogP contribution in [0.5, 0.6) is 0 Å². The standard InChI is InChI=1S/C23H31N5O3/c1-4-12-24-23(30)27(14-15-31-3)17-22(29)28-21(18-9-6-5-7-10-18)16-19(25-28)20-11-8-13-26(20)2/h5-11,13,21H,4,12,14-17H2,1-3H3,(H,24,30)/t21-/m1/s1. The molecule has 8 heteroatoms. The third-order valence-corrected chi connectivity index (χ3v) is 5.29. The molecule has 1 aliphatic rings. The van der Waals surface area contributed by atoms with E-state index in [2.05, 4.69) is 5.32 Å². The molecule has 166 valence electrons. The van der Waals surface area contributed by atoms with Crippen molar-refractivity contribution in [2.24, 2.45) is 12.1 Å². The van der Waals surface area contributed by atoms with Crippen LogP contribution in [0.15, 0.2) is 53.8 Å². The monoisotopic (exact) mass is 425 g/mol. The quantitative estimate of drug-likeness (QED) is 0.671. The molecule has 3 rings (SSSR count). The van der Waals surface area contributed by atoms with Crippen molar-refractivity contribution >= 4 is 17.6 Å². The van der Waals surface area contributed by atoms with Crippen LogP contribution in [0.25, 0.3) is 0 Å². The van der Waals surface area contributed by atoms with Gasteiger partial charge in [-0.05, 0) is 24.1 Å². The van der Waals surface area contributed by atoms with E-state index in [1.54, 1.807) is 7.11 Å². The van der Waals surface area contributed by atoms with Crippen LogP contribution in [0.1, 0.15) is 37.1 Å². The second-order valence-corrected chi connectivity index (χ2v) is 7.57. The molecule has 1 atom stereocenters. The van der Waals surface area contributed by atoms with Crippen molar-refractivity contribution < 1.29 is 14.3 Å². The zero-order valence-corrected chi connectivity index (χ0v) is 18.5. The van der Waals surface area contributed by atoms with Gasteiger partial charge in [-0.1, -0.05) is 37.3 Å². The van der Waals surface area contributed by atoms with Gasteiger partial charge in [-0.2, -0.15) is 5.10 Å². The lowest BCUT2D eigenvalue weighted by Crippen LogP contribution is -2.47. The summed E-state index contributed by atoms with van der Waals surface area (Å²) >= 11 is 0. The van der Waals surface area contributed by atoms with Crippen LogP contribution >= 0.6 is 0 Å². The minimum absolute atomic E-state index is 0.0633. The number of carbonyl (C=O) groups excluding carboxylic acids is 2. The number of ether oxygens (including phenoxy) is 1. The molecule has 0 saturated heterocycles. The Morgan fingerprint density at radius 1 is 1.23 bits per heavy atom. The van der Waals surface area contributed by atoms with Gasteiger partial charge in [0.25, 0.3) is 5.91 Å². The zero-order chi connectivity index (χ0) is 22.2. The summed E-state index contributed by atoms with van der Waals surface area (Å²) in [5.74, 6) is -0.221. The lowest BCUT2D eigenvalue weighted by Gasteiger charge is -2.27. The highest BCUT2D eigenvalue weighted by atomic mass is 16.5. The number of benzene rings is 1. The molecule has 0 radical (unpaired) electrons.